The zero-order valence-corrected chi connectivity index (χ0v) is 14.7. The van der Waals surface area contributed by atoms with Crippen molar-refractivity contribution in [2.75, 3.05) is 26.2 Å². The molecule has 7 nitrogen and oxygen atoms in total. The maximum atomic E-state index is 12.9. The SMILES string of the molecule is Cn1cnc2cc(C(=O)N3CCCN(C(=O)c4cc[nH]c4)CC3)ccc21. The Kier molecular flexibility index (Phi) is 4.20. The molecule has 1 N–H and O–H groups in total. The van der Waals surface area contributed by atoms with Gasteiger partial charge in [-0.25, -0.2) is 4.98 Å². The van der Waals surface area contributed by atoms with Gasteiger partial charge >= 0.3 is 0 Å². The van der Waals surface area contributed by atoms with Crippen molar-refractivity contribution in [2.45, 2.75) is 6.42 Å². The number of hydrogen-bond acceptors (Lipinski definition) is 3. The van der Waals surface area contributed by atoms with Gasteiger partial charge in [0.05, 0.1) is 22.9 Å². The van der Waals surface area contributed by atoms with Gasteiger partial charge < -0.3 is 19.4 Å². The van der Waals surface area contributed by atoms with Gasteiger partial charge in [-0.1, -0.05) is 0 Å². The van der Waals surface area contributed by atoms with E-state index in [4.69, 9.17) is 0 Å². The zero-order chi connectivity index (χ0) is 18.1. The van der Waals surface area contributed by atoms with Crippen LogP contribution >= 0.6 is 0 Å². The van der Waals surface area contributed by atoms with Crippen LogP contribution in [0.5, 0.6) is 0 Å². The van der Waals surface area contributed by atoms with E-state index in [1.54, 1.807) is 24.8 Å². The lowest BCUT2D eigenvalue weighted by atomic mass is 10.1. The Morgan fingerprint density at radius 1 is 1.00 bits per heavy atom. The second-order valence-electron chi connectivity index (χ2n) is 6.60. The highest BCUT2D eigenvalue weighted by Gasteiger charge is 2.24. The fourth-order valence-corrected chi connectivity index (χ4v) is 3.41. The van der Waals surface area contributed by atoms with Crippen molar-refractivity contribution < 1.29 is 9.59 Å². The standard InChI is InChI=1S/C19H21N5O2/c1-22-13-21-16-11-14(3-4-17(16)22)18(25)23-7-2-8-24(10-9-23)19(26)15-5-6-20-12-15/h3-6,11-13,20H,2,7-10H2,1H3. The van der Waals surface area contributed by atoms with Gasteiger partial charge in [-0.3, -0.25) is 9.59 Å². The smallest absolute Gasteiger partial charge is 0.255 e. The number of aromatic amines is 1. The minimum absolute atomic E-state index is 0.00602. The fourth-order valence-electron chi connectivity index (χ4n) is 3.41. The largest absolute Gasteiger partial charge is 0.367 e. The molecule has 0 unspecified atom stereocenters. The minimum atomic E-state index is -0.00602. The lowest BCUT2D eigenvalue weighted by Gasteiger charge is -2.22. The van der Waals surface area contributed by atoms with E-state index in [1.165, 1.54) is 0 Å². The van der Waals surface area contributed by atoms with E-state index in [0.717, 1.165) is 17.5 Å². The molecule has 134 valence electrons. The van der Waals surface area contributed by atoms with Crippen molar-refractivity contribution in [2.24, 2.45) is 7.05 Å². The molecule has 1 fully saturated rings. The maximum absolute atomic E-state index is 12.9. The molecule has 0 aliphatic carbocycles. The van der Waals surface area contributed by atoms with Crippen molar-refractivity contribution >= 4 is 22.8 Å². The number of benzene rings is 1. The molecule has 0 radical (unpaired) electrons. The van der Waals surface area contributed by atoms with Gasteiger partial charge in [0.25, 0.3) is 11.8 Å². The van der Waals surface area contributed by atoms with Crippen LogP contribution in [0, 0.1) is 0 Å². The number of carbonyl (C=O) groups excluding carboxylic acids is 2. The van der Waals surface area contributed by atoms with E-state index in [1.807, 2.05) is 39.6 Å². The van der Waals surface area contributed by atoms with Crippen LogP contribution in [-0.2, 0) is 7.05 Å². The second kappa shape index (κ2) is 6.67. The highest BCUT2D eigenvalue weighted by Crippen LogP contribution is 2.17. The first-order chi connectivity index (χ1) is 12.6. The van der Waals surface area contributed by atoms with E-state index in [0.29, 0.717) is 37.3 Å². The first-order valence-corrected chi connectivity index (χ1v) is 8.76. The van der Waals surface area contributed by atoms with Crippen LogP contribution < -0.4 is 0 Å². The number of aromatic nitrogens is 3. The number of amides is 2. The summed E-state index contributed by atoms with van der Waals surface area (Å²) in [5.41, 5.74) is 3.12. The summed E-state index contributed by atoms with van der Waals surface area (Å²) in [6, 6.07) is 7.39. The van der Waals surface area contributed by atoms with Crippen LogP contribution in [0.15, 0.2) is 43.0 Å². The number of imidazole rings is 1. The highest BCUT2D eigenvalue weighted by atomic mass is 16.2. The van der Waals surface area contributed by atoms with E-state index < -0.39 is 0 Å². The summed E-state index contributed by atoms with van der Waals surface area (Å²) in [4.78, 5) is 36.3. The Bertz CT molecular complexity index is 944. The van der Waals surface area contributed by atoms with Gasteiger partial charge in [0, 0.05) is 51.2 Å². The summed E-state index contributed by atoms with van der Waals surface area (Å²) in [6.45, 7) is 2.39. The van der Waals surface area contributed by atoms with E-state index in [9.17, 15) is 9.59 Å². The van der Waals surface area contributed by atoms with Gasteiger partial charge in [0.2, 0.25) is 0 Å². The van der Waals surface area contributed by atoms with Gasteiger partial charge in [-0.15, -0.1) is 0 Å². The normalized spacial score (nSPS) is 15.3. The van der Waals surface area contributed by atoms with Crippen molar-refractivity contribution in [3.8, 4) is 0 Å². The molecule has 1 aliphatic heterocycles. The number of fused-ring (bicyclic) bond motifs is 1. The monoisotopic (exact) mass is 351 g/mol. The molecule has 1 aliphatic rings. The third-order valence-corrected chi connectivity index (χ3v) is 4.89. The number of nitrogens with one attached hydrogen (secondary N) is 1. The average molecular weight is 351 g/mol. The van der Waals surface area contributed by atoms with E-state index in [-0.39, 0.29) is 11.8 Å². The van der Waals surface area contributed by atoms with Crippen LogP contribution in [0.25, 0.3) is 11.0 Å². The Hall–Kier alpha value is -3.09. The molecular formula is C19H21N5O2. The summed E-state index contributed by atoms with van der Waals surface area (Å²) in [6.07, 6.45) is 5.97. The number of carbonyl (C=O) groups is 2. The maximum Gasteiger partial charge on any atom is 0.255 e. The van der Waals surface area contributed by atoms with Crippen molar-refractivity contribution in [3.05, 3.63) is 54.1 Å². The summed E-state index contributed by atoms with van der Waals surface area (Å²) in [5, 5.41) is 0. The molecule has 0 atom stereocenters. The highest BCUT2D eigenvalue weighted by molar-refractivity contribution is 5.97. The predicted octanol–water partition coefficient (Wildman–Crippen LogP) is 1.89. The van der Waals surface area contributed by atoms with Crippen LogP contribution in [0.3, 0.4) is 0 Å². The van der Waals surface area contributed by atoms with Crippen molar-refractivity contribution in [1.29, 1.82) is 0 Å². The molecule has 3 heterocycles. The molecule has 0 spiro atoms. The topological polar surface area (TPSA) is 74.2 Å². The lowest BCUT2D eigenvalue weighted by Crippen LogP contribution is -2.37. The number of nitrogens with zero attached hydrogens (tertiary/aromatic N) is 4. The van der Waals surface area contributed by atoms with Gasteiger partial charge in [0.1, 0.15) is 0 Å². The number of H-pyrrole nitrogens is 1. The summed E-state index contributed by atoms with van der Waals surface area (Å²) >= 11 is 0. The third kappa shape index (κ3) is 2.96. The molecule has 1 aromatic carbocycles. The molecule has 2 aromatic heterocycles. The zero-order valence-electron chi connectivity index (χ0n) is 14.7. The predicted molar refractivity (Wildman–Crippen MR) is 97.9 cm³/mol. The third-order valence-electron chi connectivity index (χ3n) is 4.89. The molecule has 1 saturated heterocycles. The van der Waals surface area contributed by atoms with Crippen LogP contribution in [0.4, 0.5) is 0 Å². The Morgan fingerprint density at radius 3 is 2.42 bits per heavy atom. The van der Waals surface area contributed by atoms with E-state index >= 15 is 0 Å². The lowest BCUT2D eigenvalue weighted by molar-refractivity contribution is 0.0719. The Morgan fingerprint density at radius 2 is 1.73 bits per heavy atom. The molecule has 26 heavy (non-hydrogen) atoms. The van der Waals surface area contributed by atoms with Gasteiger partial charge in [0.15, 0.2) is 0 Å². The average Bonchev–Trinajstić information content (AvgIpc) is 3.25. The minimum Gasteiger partial charge on any atom is -0.367 e. The van der Waals surface area contributed by atoms with Gasteiger partial charge in [-0.2, -0.15) is 0 Å². The molecule has 0 bridgehead atoms. The summed E-state index contributed by atoms with van der Waals surface area (Å²) < 4.78 is 1.93. The van der Waals surface area contributed by atoms with E-state index in [2.05, 4.69) is 9.97 Å². The molecule has 4 rings (SSSR count). The van der Waals surface area contributed by atoms with Gasteiger partial charge in [-0.05, 0) is 30.7 Å². The molecule has 3 aromatic rings. The Labute approximate surface area is 151 Å². The number of rotatable bonds is 2. The number of aryl methyl sites for hydroxylation is 1. The molecule has 2 amide bonds. The quantitative estimate of drug-likeness (QED) is 0.766. The molecule has 7 heteroatoms. The van der Waals surface area contributed by atoms with Crippen LogP contribution in [0.2, 0.25) is 0 Å². The molecule has 0 saturated carbocycles. The summed E-state index contributed by atoms with van der Waals surface area (Å²) in [7, 11) is 1.93. The first-order valence-electron chi connectivity index (χ1n) is 8.76. The van der Waals surface area contributed by atoms with Crippen molar-refractivity contribution in [3.63, 3.8) is 0 Å². The van der Waals surface area contributed by atoms with Crippen LogP contribution in [0.1, 0.15) is 27.1 Å². The fraction of sp³-hybridized carbons (Fsp3) is 0.316. The van der Waals surface area contributed by atoms with Crippen molar-refractivity contribution in [1.82, 2.24) is 24.3 Å². The van der Waals surface area contributed by atoms with Crippen LogP contribution in [-0.4, -0.2) is 62.3 Å². The second-order valence-corrected chi connectivity index (χ2v) is 6.60. The summed E-state index contributed by atoms with van der Waals surface area (Å²) in [5.74, 6) is 0.00366. The number of hydrogen-bond donors (Lipinski definition) is 1. The first kappa shape index (κ1) is 16.4. The molecular weight excluding hydrogens is 330 g/mol. The Balaban J connectivity index is 1.47.